The summed E-state index contributed by atoms with van der Waals surface area (Å²) in [5.41, 5.74) is 1.15. The molecule has 0 radical (unpaired) electrons. The van der Waals surface area contributed by atoms with E-state index >= 15 is 0 Å². The van der Waals surface area contributed by atoms with Gasteiger partial charge in [0.15, 0.2) is 0 Å². The molecule has 2 aromatic rings. The van der Waals surface area contributed by atoms with Crippen molar-refractivity contribution in [2.45, 2.75) is 13.3 Å². The molecule has 0 aliphatic rings. The van der Waals surface area contributed by atoms with Gasteiger partial charge in [0, 0.05) is 29.3 Å². The summed E-state index contributed by atoms with van der Waals surface area (Å²) in [7, 11) is 0. The SMILES string of the molecule is CCOC(=O)c1ccc(NCCC(=O)Nc2ccc(Br)cc2)nc1. The van der Waals surface area contributed by atoms with Crippen molar-refractivity contribution in [2.24, 2.45) is 0 Å². The number of benzene rings is 1. The molecule has 24 heavy (non-hydrogen) atoms. The summed E-state index contributed by atoms with van der Waals surface area (Å²) >= 11 is 3.34. The molecular weight excluding hydrogens is 374 g/mol. The lowest BCUT2D eigenvalue weighted by Gasteiger charge is -2.08. The largest absolute Gasteiger partial charge is 0.462 e. The van der Waals surface area contributed by atoms with Crippen LogP contribution >= 0.6 is 15.9 Å². The molecule has 2 rings (SSSR count). The molecule has 0 aliphatic carbocycles. The van der Waals surface area contributed by atoms with Gasteiger partial charge in [0.25, 0.3) is 0 Å². The summed E-state index contributed by atoms with van der Waals surface area (Å²) in [6.07, 6.45) is 1.75. The average Bonchev–Trinajstić information content (AvgIpc) is 2.58. The molecule has 6 nitrogen and oxygen atoms in total. The van der Waals surface area contributed by atoms with Crippen molar-refractivity contribution < 1.29 is 14.3 Å². The van der Waals surface area contributed by atoms with Gasteiger partial charge in [-0.15, -0.1) is 0 Å². The van der Waals surface area contributed by atoms with Crippen LogP contribution in [0.5, 0.6) is 0 Å². The Morgan fingerprint density at radius 1 is 1.17 bits per heavy atom. The fourth-order valence-corrected chi connectivity index (χ4v) is 2.16. The van der Waals surface area contributed by atoms with Crippen molar-refractivity contribution in [1.82, 2.24) is 4.98 Å². The average molecular weight is 392 g/mol. The minimum absolute atomic E-state index is 0.0898. The van der Waals surface area contributed by atoms with Crippen LogP contribution in [0.2, 0.25) is 0 Å². The van der Waals surface area contributed by atoms with Crippen LogP contribution in [0, 0.1) is 0 Å². The highest BCUT2D eigenvalue weighted by molar-refractivity contribution is 9.10. The number of rotatable bonds is 7. The Balaban J connectivity index is 1.76. The molecule has 0 unspecified atom stereocenters. The van der Waals surface area contributed by atoms with E-state index in [1.165, 1.54) is 6.20 Å². The van der Waals surface area contributed by atoms with E-state index in [-0.39, 0.29) is 5.91 Å². The Hall–Kier alpha value is -2.41. The van der Waals surface area contributed by atoms with E-state index in [1.54, 1.807) is 19.1 Å². The van der Waals surface area contributed by atoms with E-state index in [2.05, 4.69) is 31.5 Å². The number of halogens is 1. The molecular formula is C17H18BrN3O3. The van der Waals surface area contributed by atoms with Crippen molar-refractivity contribution in [3.05, 3.63) is 52.6 Å². The summed E-state index contributed by atoms with van der Waals surface area (Å²) in [5, 5.41) is 5.85. The Kier molecular flexibility index (Phi) is 6.74. The number of anilines is 2. The molecule has 7 heteroatoms. The highest BCUT2D eigenvalue weighted by Gasteiger charge is 2.07. The normalized spacial score (nSPS) is 10.1. The van der Waals surface area contributed by atoms with Crippen LogP contribution in [0.25, 0.3) is 0 Å². The Bertz CT molecular complexity index is 687. The summed E-state index contributed by atoms with van der Waals surface area (Å²) < 4.78 is 5.85. The maximum absolute atomic E-state index is 11.9. The minimum atomic E-state index is -0.398. The molecule has 0 saturated heterocycles. The first-order valence-electron chi connectivity index (χ1n) is 7.51. The second-order valence-corrected chi connectivity index (χ2v) is 5.80. The first-order valence-corrected chi connectivity index (χ1v) is 8.30. The molecule has 1 aromatic carbocycles. The molecule has 0 saturated carbocycles. The molecule has 126 valence electrons. The smallest absolute Gasteiger partial charge is 0.339 e. The van der Waals surface area contributed by atoms with E-state index in [4.69, 9.17) is 4.74 Å². The van der Waals surface area contributed by atoms with E-state index < -0.39 is 5.97 Å². The third-order valence-electron chi connectivity index (χ3n) is 3.06. The zero-order valence-corrected chi connectivity index (χ0v) is 14.8. The Labute approximate surface area is 148 Å². The zero-order valence-electron chi connectivity index (χ0n) is 13.2. The van der Waals surface area contributed by atoms with Crippen molar-refractivity contribution in [2.75, 3.05) is 23.8 Å². The quantitative estimate of drug-likeness (QED) is 0.706. The van der Waals surface area contributed by atoms with Gasteiger partial charge < -0.3 is 15.4 Å². The molecule has 2 N–H and O–H groups in total. The monoisotopic (exact) mass is 391 g/mol. The van der Waals surface area contributed by atoms with E-state index in [0.717, 1.165) is 10.2 Å². The van der Waals surface area contributed by atoms with Crippen LogP contribution < -0.4 is 10.6 Å². The zero-order chi connectivity index (χ0) is 17.4. The third kappa shape index (κ3) is 5.66. The van der Waals surface area contributed by atoms with Crippen molar-refractivity contribution in [3.8, 4) is 0 Å². The highest BCUT2D eigenvalue weighted by atomic mass is 79.9. The number of ether oxygens (including phenoxy) is 1. The molecule has 0 aliphatic heterocycles. The minimum Gasteiger partial charge on any atom is -0.462 e. The van der Waals surface area contributed by atoms with Crippen molar-refractivity contribution >= 4 is 39.3 Å². The molecule has 0 atom stereocenters. The van der Waals surface area contributed by atoms with Gasteiger partial charge in [-0.1, -0.05) is 15.9 Å². The molecule has 0 spiro atoms. The standard InChI is InChI=1S/C17H18BrN3O3/c1-2-24-17(23)12-3-8-15(20-11-12)19-10-9-16(22)21-14-6-4-13(18)5-7-14/h3-8,11H,2,9-10H2,1H3,(H,19,20)(H,21,22). The lowest BCUT2D eigenvalue weighted by Crippen LogP contribution is -2.16. The van der Waals surface area contributed by atoms with Gasteiger partial charge in [-0.05, 0) is 43.3 Å². The van der Waals surface area contributed by atoms with Crippen molar-refractivity contribution in [3.63, 3.8) is 0 Å². The van der Waals surface area contributed by atoms with Gasteiger partial charge >= 0.3 is 5.97 Å². The van der Waals surface area contributed by atoms with Gasteiger partial charge in [-0.3, -0.25) is 4.79 Å². The molecule has 1 amide bonds. The van der Waals surface area contributed by atoms with Gasteiger partial charge in [0.2, 0.25) is 5.91 Å². The maximum Gasteiger partial charge on any atom is 0.339 e. The number of hydrogen-bond donors (Lipinski definition) is 2. The van der Waals surface area contributed by atoms with E-state index in [1.807, 2.05) is 24.3 Å². The summed E-state index contributed by atoms with van der Waals surface area (Å²) in [5.74, 6) is 0.109. The summed E-state index contributed by atoms with van der Waals surface area (Å²) in [6.45, 7) is 2.51. The van der Waals surface area contributed by atoms with Crippen LogP contribution in [0.4, 0.5) is 11.5 Å². The molecule has 0 bridgehead atoms. The summed E-state index contributed by atoms with van der Waals surface area (Å²) in [6, 6.07) is 10.7. The molecule has 1 aromatic heterocycles. The van der Waals surface area contributed by atoms with Crippen LogP contribution in [-0.4, -0.2) is 30.0 Å². The first-order chi connectivity index (χ1) is 11.6. The van der Waals surface area contributed by atoms with Crippen LogP contribution in [0.3, 0.4) is 0 Å². The fourth-order valence-electron chi connectivity index (χ4n) is 1.89. The number of carbonyl (C=O) groups is 2. The number of carbonyl (C=O) groups excluding carboxylic acids is 2. The predicted octanol–water partition coefficient (Wildman–Crippen LogP) is 3.46. The lowest BCUT2D eigenvalue weighted by atomic mass is 10.3. The first kappa shape index (κ1) is 17.9. The summed E-state index contributed by atoms with van der Waals surface area (Å²) in [4.78, 5) is 27.5. The number of hydrogen-bond acceptors (Lipinski definition) is 5. The number of amides is 1. The van der Waals surface area contributed by atoms with E-state index in [9.17, 15) is 9.59 Å². The Morgan fingerprint density at radius 3 is 2.54 bits per heavy atom. The Morgan fingerprint density at radius 2 is 1.92 bits per heavy atom. The topological polar surface area (TPSA) is 80.3 Å². The lowest BCUT2D eigenvalue weighted by molar-refractivity contribution is -0.115. The number of esters is 1. The van der Waals surface area contributed by atoms with Gasteiger partial charge in [0.05, 0.1) is 12.2 Å². The number of aromatic nitrogens is 1. The predicted molar refractivity (Wildman–Crippen MR) is 96.1 cm³/mol. The third-order valence-corrected chi connectivity index (χ3v) is 3.59. The van der Waals surface area contributed by atoms with Crippen molar-refractivity contribution in [1.29, 1.82) is 0 Å². The van der Waals surface area contributed by atoms with Gasteiger partial charge in [0.1, 0.15) is 5.82 Å². The van der Waals surface area contributed by atoms with Crippen LogP contribution in [-0.2, 0) is 9.53 Å². The number of nitrogens with one attached hydrogen (secondary N) is 2. The van der Waals surface area contributed by atoms with Gasteiger partial charge in [-0.25, -0.2) is 9.78 Å². The fraction of sp³-hybridized carbons (Fsp3) is 0.235. The van der Waals surface area contributed by atoms with Gasteiger partial charge in [-0.2, -0.15) is 0 Å². The maximum atomic E-state index is 11.9. The highest BCUT2D eigenvalue weighted by Crippen LogP contribution is 2.14. The second kappa shape index (κ2) is 9.02. The number of pyridine rings is 1. The molecule has 0 fully saturated rings. The van der Waals surface area contributed by atoms with Crippen LogP contribution in [0.1, 0.15) is 23.7 Å². The number of nitrogens with zero attached hydrogens (tertiary/aromatic N) is 1. The molecule has 1 heterocycles. The van der Waals surface area contributed by atoms with Crippen LogP contribution in [0.15, 0.2) is 47.1 Å². The van der Waals surface area contributed by atoms with E-state index in [0.29, 0.717) is 31.0 Å². The second-order valence-electron chi connectivity index (χ2n) is 4.88.